The lowest BCUT2D eigenvalue weighted by atomic mass is 10.1. The number of rotatable bonds is 3. The molecule has 19 heavy (non-hydrogen) atoms. The molecule has 1 aromatic heterocycles. The number of aryl methyl sites for hydroxylation is 1. The predicted octanol–water partition coefficient (Wildman–Crippen LogP) is 3.52. The number of fused-ring (bicyclic) bond motifs is 1. The summed E-state index contributed by atoms with van der Waals surface area (Å²) in [6.45, 7) is 6.01. The Morgan fingerprint density at radius 1 is 1.11 bits per heavy atom. The highest BCUT2D eigenvalue weighted by atomic mass is 15.4. The molecule has 0 aliphatic rings. The molecule has 0 spiro atoms. The fourth-order valence-electron chi connectivity index (χ4n) is 2.23. The Morgan fingerprint density at radius 3 is 2.58 bits per heavy atom. The van der Waals surface area contributed by atoms with Crippen molar-refractivity contribution in [2.24, 2.45) is 0 Å². The lowest BCUT2D eigenvalue weighted by molar-refractivity contribution is 0.604. The van der Waals surface area contributed by atoms with E-state index < -0.39 is 0 Å². The highest BCUT2D eigenvalue weighted by molar-refractivity contribution is 5.74. The number of allylic oxidation sites excluding steroid dienone is 1. The molecule has 0 fully saturated rings. The van der Waals surface area contributed by atoms with E-state index in [9.17, 15) is 0 Å². The third kappa shape index (κ3) is 2.03. The van der Waals surface area contributed by atoms with E-state index in [1.807, 2.05) is 35.0 Å². The molecule has 0 amide bonds. The van der Waals surface area contributed by atoms with Crippen LogP contribution in [0.3, 0.4) is 0 Å². The number of para-hydroxylation sites is 1. The van der Waals surface area contributed by atoms with Crippen molar-refractivity contribution in [3.05, 3.63) is 72.3 Å². The van der Waals surface area contributed by atoms with Crippen LogP contribution in [0, 0.1) is 6.92 Å². The van der Waals surface area contributed by atoms with Crippen LogP contribution >= 0.6 is 0 Å². The molecule has 0 aliphatic heterocycles. The Hall–Kier alpha value is -2.42. The Kier molecular flexibility index (Phi) is 2.88. The molecule has 3 aromatic rings. The first-order valence-corrected chi connectivity index (χ1v) is 6.28. The highest BCUT2D eigenvalue weighted by Gasteiger charge is 2.14. The largest absolute Gasteiger partial charge is 0.233 e. The standard InChI is InChI=1S/C16H15N3/c1-3-15(13-10-8-12(2)9-11-13)19-16-7-5-4-6-14(16)17-18-19/h3-11,15H,1H2,2H3. The minimum absolute atomic E-state index is 0.00741. The highest BCUT2D eigenvalue weighted by Crippen LogP contribution is 2.23. The van der Waals surface area contributed by atoms with Crippen molar-refractivity contribution in [1.82, 2.24) is 15.0 Å². The molecule has 0 radical (unpaired) electrons. The first-order chi connectivity index (χ1) is 9.29. The molecule has 0 bridgehead atoms. The summed E-state index contributed by atoms with van der Waals surface area (Å²) < 4.78 is 1.91. The Bertz CT molecular complexity index is 710. The van der Waals surface area contributed by atoms with Crippen molar-refractivity contribution in [3.63, 3.8) is 0 Å². The molecule has 3 rings (SSSR count). The Labute approximate surface area is 112 Å². The summed E-state index contributed by atoms with van der Waals surface area (Å²) in [4.78, 5) is 0. The molecular weight excluding hydrogens is 234 g/mol. The van der Waals surface area contributed by atoms with Crippen molar-refractivity contribution in [2.75, 3.05) is 0 Å². The average molecular weight is 249 g/mol. The molecule has 0 saturated heterocycles. The van der Waals surface area contributed by atoms with Crippen LogP contribution in [-0.2, 0) is 0 Å². The molecule has 0 saturated carbocycles. The fourth-order valence-corrected chi connectivity index (χ4v) is 2.23. The zero-order valence-corrected chi connectivity index (χ0v) is 10.8. The van der Waals surface area contributed by atoms with Gasteiger partial charge in [-0.25, -0.2) is 4.68 Å². The van der Waals surface area contributed by atoms with Gasteiger partial charge in [0.15, 0.2) is 0 Å². The minimum Gasteiger partial charge on any atom is -0.233 e. The van der Waals surface area contributed by atoms with Crippen molar-refractivity contribution in [2.45, 2.75) is 13.0 Å². The van der Waals surface area contributed by atoms with Gasteiger partial charge in [-0.3, -0.25) is 0 Å². The molecule has 3 nitrogen and oxygen atoms in total. The van der Waals surface area contributed by atoms with E-state index in [2.05, 4.69) is 48.1 Å². The topological polar surface area (TPSA) is 30.7 Å². The van der Waals surface area contributed by atoms with Crippen LogP contribution in [0.2, 0.25) is 0 Å². The van der Waals surface area contributed by atoms with Crippen molar-refractivity contribution in [3.8, 4) is 0 Å². The molecule has 1 atom stereocenters. The Morgan fingerprint density at radius 2 is 1.84 bits per heavy atom. The van der Waals surface area contributed by atoms with E-state index in [1.165, 1.54) is 5.56 Å². The molecule has 1 unspecified atom stereocenters. The number of hydrogen-bond acceptors (Lipinski definition) is 2. The zero-order chi connectivity index (χ0) is 13.2. The second-order valence-electron chi connectivity index (χ2n) is 4.61. The molecule has 0 N–H and O–H groups in total. The average Bonchev–Trinajstić information content (AvgIpc) is 2.86. The van der Waals surface area contributed by atoms with Gasteiger partial charge in [0.05, 0.1) is 11.6 Å². The third-order valence-electron chi connectivity index (χ3n) is 3.28. The summed E-state index contributed by atoms with van der Waals surface area (Å²) in [6.07, 6.45) is 1.89. The Balaban J connectivity index is 2.12. The van der Waals surface area contributed by atoms with Gasteiger partial charge in [-0.2, -0.15) is 0 Å². The first-order valence-electron chi connectivity index (χ1n) is 6.28. The molecule has 1 heterocycles. The van der Waals surface area contributed by atoms with Gasteiger partial charge >= 0.3 is 0 Å². The second-order valence-corrected chi connectivity index (χ2v) is 4.61. The summed E-state index contributed by atoms with van der Waals surface area (Å²) in [5, 5.41) is 8.46. The lowest BCUT2D eigenvalue weighted by Gasteiger charge is -2.14. The van der Waals surface area contributed by atoms with Crippen LogP contribution in [0.5, 0.6) is 0 Å². The van der Waals surface area contributed by atoms with E-state index in [1.54, 1.807) is 0 Å². The van der Waals surface area contributed by atoms with Crippen LogP contribution in [0.4, 0.5) is 0 Å². The van der Waals surface area contributed by atoms with Gasteiger partial charge in [0.1, 0.15) is 5.52 Å². The zero-order valence-electron chi connectivity index (χ0n) is 10.8. The maximum Gasteiger partial charge on any atom is 0.113 e. The molecular formula is C16H15N3. The van der Waals surface area contributed by atoms with E-state index in [0.29, 0.717) is 0 Å². The van der Waals surface area contributed by atoms with Gasteiger partial charge in [0, 0.05) is 0 Å². The summed E-state index contributed by atoms with van der Waals surface area (Å²) in [5.41, 5.74) is 4.33. The molecule has 0 aliphatic carbocycles. The maximum atomic E-state index is 4.26. The fraction of sp³-hybridized carbons (Fsp3) is 0.125. The summed E-state index contributed by atoms with van der Waals surface area (Å²) >= 11 is 0. The molecule has 94 valence electrons. The molecule has 3 heteroatoms. The SMILES string of the molecule is C=CC(c1ccc(C)cc1)n1nnc2ccccc21. The first kappa shape index (κ1) is 11.7. The van der Waals surface area contributed by atoms with Gasteiger partial charge in [0.2, 0.25) is 0 Å². The van der Waals surface area contributed by atoms with Gasteiger partial charge in [-0.05, 0) is 24.6 Å². The van der Waals surface area contributed by atoms with Crippen LogP contribution < -0.4 is 0 Å². The number of hydrogen-bond donors (Lipinski definition) is 0. The normalized spacial score (nSPS) is 12.5. The monoisotopic (exact) mass is 249 g/mol. The quantitative estimate of drug-likeness (QED) is 0.665. The van der Waals surface area contributed by atoms with Crippen molar-refractivity contribution >= 4 is 11.0 Å². The van der Waals surface area contributed by atoms with E-state index in [0.717, 1.165) is 16.6 Å². The number of aromatic nitrogens is 3. The van der Waals surface area contributed by atoms with Gasteiger partial charge < -0.3 is 0 Å². The van der Waals surface area contributed by atoms with Gasteiger partial charge in [-0.15, -0.1) is 11.7 Å². The third-order valence-corrected chi connectivity index (χ3v) is 3.28. The van der Waals surface area contributed by atoms with Crippen LogP contribution in [0.15, 0.2) is 61.2 Å². The van der Waals surface area contributed by atoms with E-state index in [-0.39, 0.29) is 6.04 Å². The van der Waals surface area contributed by atoms with Crippen molar-refractivity contribution < 1.29 is 0 Å². The predicted molar refractivity (Wildman–Crippen MR) is 77.0 cm³/mol. The minimum atomic E-state index is 0.00741. The van der Waals surface area contributed by atoms with Gasteiger partial charge in [-0.1, -0.05) is 53.3 Å². The second kappa shape index (κ2) is 4.69. The van der Waals surface area contributed by atoms with Gasteiger partial charge in [0.25, 0.3) is 0 Å². The maximum absolute atomic E-state index is 4.26. The number of benzene rings is 2. The molecule has 2 aromatic carbocycles. The van der Waals surface area contributed by atoms with Crippen molar-refractivity contribution in [1.29, 1.82) is 0 Å². The van der Waals surface area contributed by atoms with Crippen LogP contribution in [-0.4, -0.2) is 15.0 Å². The van der Waals surface area contributed by atoms with E-state index >= 15 is 0 Å². The lowest BCUT2D eigenvalue weighted by Crippen LogP contribution is -2.09. The summed E-state index contributed by atoms with van der Waals surface area (Å²) in [6, 6.07) is 16.4. The smallest absolute Gasteiger partial charge is 0.113 e. The van der Waals surface area contributed by atoms with Crippen LogP contribution in [0.1, 0.15) is 17.2 Å². The summed E-state index contributed by atoms with van der Waals surface area (Å²) in [5.74, 6) is 0. The van der Waals surface area contributed by atoms with E-state index in [4.69, 9.17) is 0 Å². The summed E-state index contributed by atoms with van der Waals surface area (Å²) in [7, 11) is 0. The van der Waals surface area contributed by atoms with Crippen LogP contribution in [0.25, 0.3) is 11.0 Å². The number of nitrogens with zero attached hydrogens (tertiary/aromatic N) is 3.